The van der Waals surface area contributed by atoms with Crippen LogP contribution in [-0.2, 0) is 19.5 Å². The monoisotopic (exact) mass is 461 g/mol. The summed E-state index contributed by atoms with van der Waals surface area (Å²) in [7, 11) is 0. The molecular weight excluding hydrogens is 439 g/mol. The van der Waals surface area contributed by atoms with Crippen LogP contribution in [0.2, 0.25) is 5.21 Å². The molecule has 0 spiro atoms. The van der Waals surface area contributed by atoms with E-state index in [1.807, 2.05) is 18.2 Å². The van der Waals surface area contributed by atoms with E-state index in [0.717, 1.165) is 34.9 Å². The zero-order chi connectivity index (χ0) is 20.8. The Morgan fingerprint density at radius 3 is 2.60 bits per heavy atom. The molecule has 0 saturated heterocycles. The maximum atomic E-state index is 12.5. The minimum atomic E-state index is -0.368. The van der Waals surface area contributed by atoms with Gasteiger partial charge in [-0.3, -0.25) is 0 Å². The van der Waals surface area contributed by atoms with Gasteiger partial charge < -0.3 is 0 Å². The average molecular weight is 461 g/mol. The summed E-state index contributed by atoms with van der Waals surface area (Å²) >= 11 is -0.368. The molecular formula is C23H22AsN4O2. The Morgan fingerprint density at radius 2 is 1.83 bits per heavy atom. The van der Waals surface area contributed by atoms with Crippen molar-refractivity contribution in [2.24, 2.45) is 0 Å². The molecule has 6 nitrogen and oxygen atoms in total. The molecule has 1 aromatic heterocycles. The minimum absolute atomic E-state index is 0.181. The molecule has 1 N–H and O–H groups in total. The Labute approximate surface area is 182 Å². The van der Waals surface area contributed by atoms with Gasteiger partial charge >= 0.3 is 182 Å². The van der Waals surface area contributed by atoms with Crippen molar-refractivity contribution in [2.75, 3.05) is 5.32 Å². The average Bonchev–Trinajstić information content (AvgIpc) is 3.22. The summed E-state index contributed by atoms with van der Waals surface area (Å²) in [5, 5.41) is 3.85. The van der Waals surface area contributed by atoms with Gasteiger partial charge in [-0.05, 0) is 0 Å². The second kappa shape index (κ2) is 9.68. The van der Waals surface area contributed by atoms with Crippen LogP contribution in [0.1, 0.15) is 33.6 Å². The molecule has 1 radical (unpaired) electrons. The van der Waals surface area contributed by atoms with E-state index in [-0.39, 0.29) is 26.4 Å². The van der Waals surface area contributed by atoms with Gasteiger partial charge in [-0.25, -0.2) is 0 Å². The van der Waals surface area contributed by atoms with Crippen molar-refractivity contribution >= 4 is 32.0 Å². The van der Waals surface area contributed by atoms with Crippen LogP contribution >= 0.6 is 0 Å². The summed E-state index contributed by atoms with van der Waals surface area (Å²) in [6, 6.07) is 17.4. The molecule has 0 saturated carbocycles. The van der Waals surface area contributed by atoms with Gasteiger partial charge in [-0.15, -0.1) is 0 Å². The molecule has 0 atom stereocenters. The fourth-order valence-corrected chi connectivity index (χ4v) is 5.13. The summed E-state index contributed by atoms with van der Waals surface area (Å²) in [4.78, 5) is 34.9. The zero-order valence-corrected chi connectivity index (χ0v) is 18.4. The summed E-state index contributed by atoms with van der Waals surface area (Å²) < 4.78 is 0.228. The van der Waals surface area contributed by atoms with Gasteiger partial charge in [0, 0.05) is 0 Å². The summed E-state index contributed by atoms with van der Waals surface area (Å²) in [5.41, 5.74) is 4.58. The molecule has 2 amide bonds. The van der Waals surface area contributed by atoms with E-state index < -0.39 is 0 Å². The summed E-state index contributed by atoms with van der Waals surface area (Å²) in [6.45, 7) is 0.984. The third kappa shape index (κ3) is 5.13. The Hall–Kier alpha value is -2.98. The van der Waals surface area contributed by atoms with Crippen molar-refractivity contribution < 1.29 is 9.59 Å². The number of fused-ring (bicyclic) bond motifs is 1. The number of benzene rings is 2. The standard InChI is InChI=1S/C23H22AsN4O2/c29-22(24-12-4-7-17-5-2-1-3-6-17)18-8-10-20(11-9-18)27-23(30)28-14-19-13-25-16-26-21(19)15-28/h1-3,5-6,8-11,13,16H,4,7,12,14-15H2,(H,27,30). The number of carbonyl (C=O) groups excluding carboxylic acids is 2. The van der Waals surface area contributed by atoms with Crippen molar-refractivity contribution in [2.45, 2.75) is 31.1 Å². The van der Waals surface area contributed by atoms with Crippen molar-refractivity contribution in [3.8, 4) is 0 Å². The van der Waals surface area contributed by atoms with E-state index in [9.17, 15) is 9.59 Å². The number of hydrogen-bond donors (Lipinski definition) is 1. The third-order valence-corrected chi connectivity index (χ3v) is 7.25. The van der Waals surface area contributed by atoms with Crippen LogP contribution in [-0.4, -0.2) is 41.2 Å². The van der Waals surface area contributed by atoms with E-state index in [0.29, 0.717) is 18.8 Å². The predicted octanol–water partition coefficient (Wildman–Crippen LogP) is 3.92. The van der Waals surface area contributed by atoms with Crippen LogP contribution in [0.5, 0.6) is 0 Å². The van der Waals surface area contributed by atoms with Crippen LogP contribution in [0, 0.1) is 0 Å². The van der Waals surface area contributed by atoms with Crippen molar-refractivity contribution in [1.82, 2.24) is 14.9 Å². The van der Waals surface area contributed by atoms with Gasteiger partial charge in [0.15, 0.2) is 0 Å². The van der Waals surface area contributed by atoms with Crippen LogP contribution in [0.4, 0.5) is 10.5 Å². The molecule has 2 heterocycles. The number of nitrogens with one attached hydrogen (secondary N) is 1. The first kappa shape index (κ1) is 20.3. The number of aromatic nitrogens is 2. The molecule has 1 aliphatic rings. The number of aryl methyl sites for hydroxylation is 1. The third-order valence-electron chi connectivity index (χ3n) is 4.98. The molecule has 0 aliphatic carbocycles. The van der Waals surface area contributed by atoms with Crippen LogP contribution < -0.4 is 5.32 Å². The first-order valence-corrected chi connectivity index (χ1v) is 12.1. The molecule has 7 heteroatoms. The van der Waals surface area contributed by atoms with Gasteiger partial charge in [-0.1, -0.05) is 0 Å². The van der Waals surface area contributed by atoms with Gasteiger partial charge in [-0.2, -0.15) is 0 Å². The first-order chi connectivity index (χ1) is 14.7. The molecule has 0 unspecified atom stereocenters. The summed E-state index contributed by atoms with van der Waals surface area (Å²) in [6.07, 6.45) is 5.30. The van der Waals surface area contributed by atoms with E-state index in [1.165, 1.54) is 11.9 Å². The van der Waals surface area contributed by atoms with E-state index in [2.05, 4.69) is 27.4 Å². The Bertz CT molecular complexity index is 1000. The number of rotatable bonds is 7. The Kier molecular flexibility index (Phi) is 6.55. The topological polar surface area (TPSA) is 75.2 Å². The SMILES string of the molecule is O=C([As]CCCc1ccccc1)c1ccc(NC(=O)N2Cc3cncnc3C2)cc1. The van der Waals surface area contributed by atoms with Gasteiger partial charge in [0.25, 0.3) is 0 Å². The van der Waals surface area contributed by atoms with E-state index in [1.54, 1.807) is 35.4 Å². The normalized spacial score (nSPS) is 12.9. The van der Waals surface area contributed by atoms with Crippen molar-refractivity contribution in [1.29, 1.82) is 0 Å². The fraction of sp³-hybridized carbons (Fsp3) is 0.217. The van der Waals surface area contributed by atoms with Crippen molar-refractivity contribution in [3.05, 3.63) is 89.5 Å². The molecule has 0 fully saturated rings. The number of urea groups is 1. The molecule has 3 aromatic rings. The van der Waals surface area contributed by atoms with Gasteiger partial charge in [0.2, 0.25) is 0 Å². The van der Waals surface area contributed by atoms with E-state index in [4.69, 9.17) is 0 Å². The quantitative estimate of drug-likeness (QED) is 0.428. The maximum absolute atomic E-state index is 12.5. The molecule has 4 rings (SSSR count). The van der Waals surface area contributed by atoms with Crippen molar-refractivity contribution in [3.63, 3.8) is 0 Å². The Morgan fingerprint density at radius 1 is 1.03 bits per heavy atom. The predicted molar refractivity (Wildman–Crippen MR) is 116 cm³/mol. The second-order valence-electron chi connectivity index (χ2n) is 7.13. The molecule has 2 aromatic carbocycles. The van der Waals surface area contributed by atoms with Crippen LogP contribution in [0.25, 0.3) is 0 Å². The number of carbonyl (C=O) groups is 2. The fourth-order valence-electron chi connectivity index (χ4n) is 3.34. The van der Waals surface area contributed by atoms with Crippen LogP contribution in [0.3, 0.4) is 0 Å². The Balaban J connectivity index is 1.23. The second-order valence-corrected chi connectivity index (χ2v) is 9.59. The van der Waals surface area contributed by atoms with Gasteiger partial charge in [0.1, 0.15) is 0 Å². The molecule has 30 heavy (non-hydrogen) atoms. The number of hydrogen-bond acceptors (Lipinski definition) is 4. The molecule has 151 valence electrons. The number of amides is 2. The van der Waals surface area contributed by atoms with E-state index >= 15 is 0 Å². The molecule has 0 bridgehead atoms. The summed E-state index contributed by atoms with van der Waals surface area (Å²) in [5.74, 6) is 0. The number of nitrogens with zero attached hydrogens (tertiary/aromatic N) is 3. The van der Waals surface area contributed by atoms with Gasteiger partial charge in [0.05, 0.1) is 0 Å². The zero-order valence-electron chi connectivity index (χ0n) is 16.5. The van der Waals surface area contributed by atoms with Crippen LogP contribution in [0.15, 0.2) is 67.1 Å². The number of anilines is 1. The molecule has 1 aliphatic heterocycles. The first-order valence-electron chi connectivity index (χ1n) is 9.88.